The van der Waals surface area contributed by atoms with Gasteiger partial charge in [0.2, 0.25) is 0 Å². The first-order valence-corrected chi connectivity index (χ1v) is 8.87. The number of esters is 1. The third-order valence-electron chi connectivity index (χ3n) is 5.87. The van der Waals surface area contributed by atoms with E-state index in [1.165, 1.54) is 0 Å². The van der Waals surface area contributed by atoms with E-state index < -0.39 is 28.7 Å². The van der Waals surface area contributed by atoms with Crippen molar-refractivity contribution in [1.82, 2.24) is 0 Å². The Bertz CT molecular complexity index is 635. The smallest absolute Gasteiger partial charge is 0.333 e. The molecule has 0 aromatic carbocycles. The highest BCUT2D eigenvalue weighted by Gasteiger charge is 2.56. The van der Waals surface area contributed by atoms with Gasteiger partial charge in [0.1, 0.15) is 11.7 Å². The zero-order chi connectivity index (χ0) is 19.2. The van der Waals surface area contributed by atoms with Crippen LogP contribution < -0.4 is 0 Å². The first kappa shape index (κ1) is 19.9. The van der Waals surface area contributed by atoms with Crippen LogP contribution in [0.3, 0.4) is 0 Å². The first-order valence-electron chi connectivity index (χ1n) is 8.87. The minimum Gasteiger partial charge on any atom is -0.456 e. The van der Waals surface area contributed by atoms with Gasteiger partial charge < -0.3 is 14.9 Å². The molecule has 0 amide bonds. The lowest BCUT2D eigenvalue weighted by Gasteiger charge is -2.53. The zero-order valence-corrected chi connectivity index (χ0v) is 16.0. The summed E-state index contributed by atoms with van der Waals surface area (Å²) in [4.78, 5) is 24.6. The number of rotatable bonds is 3. The second kappa shape index (κ2) is 6.36. The lowest BCUT2D eigenvalue weighted by Crippen LogP contribution is -2.59. The lowest BCUT2D eigenvalue weighted by molar-refractivity contribution is -0.188. The molecule has 5 nitrogen and oxygen atoms in total. The fraction of sp³-hybridized carbons (Fsp3) is 0.700. The standard InChI is InChI=1S/C20H30O5/c1-7-12(2)17(22)25-16-8-9-19(5)11-14(21)13(18(3,4)23)10-15(19)20(16,6)24/h7,10,15-16,23-24H,8-9,11H2,1-6H3. The van der Waals surface area contributed by atoms with Gasteiger partial charge in [0, 0.05) is 23.5 Å². The van der Waals surface area contributed by atoms with Crippen molar-refractivity contribution in [1.29, 1.82) is 0 Å². The summed E-state index contributed by atoms with van der Waals surface area (Å²) in [5.74, 6) is -0.895. The van der Waals surface area contributed by atoms with Crippen molar-refractivity contribution in [3.63, 3.8) is 0 Å². The van der Waals surface area contributed by atoms with E-state index in [0.717, 1.165) is 0 Å². The van der Waals surface area contributed by atoms with Crippen LogP contribution in [0.4, 0.5) is 0 Å². The largest absolute Gasteiger partial charge is 0.456 e. The number of Topliss-reactive ketones (excluding diaryl/α,β-unsaturated/α-hetero) is 1. The van der Waals surface area contributed by atoms with Gasteiger partial charge in [-0.05, 0) is 52.9 Å². The van der Waals surface area contributed by atoms with E-state index >= 15 is 0 Å². The number of allylic oxidation sites excluding steroid dienone is 1. The average molecular weight is 350 g/mol. The molecule has 0 aromatic rings. The van der Waals surface area contributed by atoms with Gasteiger partial charge in [-0.2, -0.15) is 0 Å². The van der Waals surface area contributed by atoms with Gasteiger partial charge >= 0.3 is 5.97 Å². The Labute approximate surface area is 149 Å². The third-order valence-corrected chi connectivity index (χ3v) is 5.87. The van der Waals surface area contributed by atoms with Gasteiger partial charge in [-0.3, -0.25) is 4.79 Å². The molecule has 4 unspecified atom stereocenters. The molecule has 2 N–H and O–H groups in total. The van der Waals surface area contributed by atoms with Crippen molar-refractivity contribution in [2.45, 2.75) is 78.1 Å². The van der Waals surface area contributed by atoms with E-state index in [4.69, 9.17) is 4.74 Å². The van der Waals surface area contributed by atoms with Gasteiger partial charge in [-0.1, -0.05) is 19.1 Å². The maximum absolute atomic E-state index is 12.5. The van der Waals surface area contributed by atoms with Gasteiger partial charge in [0.05, 0.1) is 5.60 Å². The van der Waals surface area contributed by atoms with Crippen molar-refractivity contribution < 1.29 is 24.5 Å². The van der Waals surface area contributed by atoms with Gasteiger partial charge in [-0.25, -0.2) is 4.79 Å². The highest BCUT2D eigenvalue weighted by Crippen LogP contribution is 2.53. The van der Waals surface area contributed by atoms with Crippen molar-refractivity contribution in [3.8, 4) is 0 Å². The van der Waals surface area contributed by atoms with Crippen LogP contribution in [0.25, 0.3) is 0 Å². The van der Waals surface area contributed by atoms with Gasteiger partial charge in [-0.15, -0.1) is 0 Å². The molecule has 1 fully saturated rings. The number of ketones is 1. The number of aliphatic hydroxyl groups is 2. The predicted octanol–water partition coefficient (Wildman–Crippen LogP) is 2.70. The molecule has 140 valence electrons. The molecule has 5 heteroatoms. The second-order valence-electron chi connectivity index (χ2n) is 8.50. The Morgan fingerprint density at radius 1 is 1.40 bits per heavy atom. The van der Waals surface area contributed by atoms with Crippen molar-refractivity contribution in [2.24, 2.45) is 11.3 Å². The number of fused-ring (bicyclic) bond motifs is 1. The minimum atomic E-state index is -1.31. The minimum absolute atomic E-state index is 0.0812. The summed E-state index contributed by atoms with van der Waals surface area (Å²) < 4.78 is 5.57. The van der Waals surface area contributed by atoms with E-state index in [-0.39, 0.29) is 18.1 Å². The van der Waals surface area contributed by atoms with Crippen LogP contribution in [0.1, 0.15) is 60.8 Å². The SMILES string of the molecule is CC=C(C)C(=O)OC1CCC2(C)CC(=O)C(C(C)(C)O)=CC2C1(C)O. The Hall–Kier alpha value is -1.46. The van der Waals surface area contributed by atoms with E-state index in [2.05, 4.69) is 0 Å². The van der Waals surface area contributed by atoms with Crippen molar-refractivity contribution in [3.05, 3.63) is 23.3 Å². The van der Waals surface area contributed by atoms with E-state index in [0.29, 0.717) is 24.0 Å². The summed E-state index contributed by atoms with van der Waals surface area (Å²) in [6.45, 7) is 10.2. The first-order chi connectivity index (χ1) is 11.3. The summed E-state index contributed by atoms with van der Waals surface area (Å²) in [6.07, 6.45) is 4.17. The normalized spacial score (nSPS) is 36.6. The van der Waals surface area contributed by atoms with Crippen LogP contribution in [0.2, 0.25) is 0 Å². The molecule has 2 aliphatic rings. The van der Waals surface area contributed by atoms with Gasteiger partial charge in [0.25, 0.3) is 0 Å². The van der Waals surface area contributed by atoms with Crippen LogP contribution in [0, 0.1) is 11.3 Å². The van der Waals surface area contributed by atoms with Crippen LogP contribution in [-0.4, -0.2) is 39.3 Å². The topological polar surface area (TPSA) is 83.8 Å². The maximum Gasteiger partial charge on any atom is 0.333 e. The molecule has 0 aliphatic heterocycles. The molecule has 1 saturated carbocycles. The average Bonchev–Trinajstić information content (AvgIpc) is 2.47. The van der Waals surface area contributed by atoms with Crippen LogP contribution in [-0.2, 0) is 14.3 Å². The van der Waals surface area contributed by atoms with E-state index in [1.54, 1.807) is 46.8 Å². The summed E-state index contributed by atoms with van der Waals surface area (Å²) in [7, 11) is 0. The zero-order valence-electron chi connectivity index (χ0n) is 16.0. The Morgan fingerprint density at radius 3 is 2.52 bits per heavy atom. The highest BCUT2D eigenvalue weighted by molar-refractivity contribution is 5.98. The molecule has 0 heterocycles. The van der Waals surface area contributed by atoms with Gasteiger partial charge in [0.15, 0.2) is 5.78 Å². The molecule has 4 atom stereocenters. The monoisotopic (exact) mass is 350 g/mol. The number of carbonyl (C=O) groups is 2. The molecular weight excluding hydrogens is 320 g/mol. The summed E-state index contributed by atoms with van der Waals surface area (Å²) >= 11 is 0. The number of ether oxygens (including phenoxy) is 1. The second-order valence-corrected chi connectivity index (χ2v) is 8.50. The molecule has 0 spiro atoms. The highest BCUT2D eigenvalue weighted by atomic mass is 16.6. The summed E-state index contributed by atoms with van der Waals surface area (Å²) in [6, 6.07) is 0. The molecule has 2 aliphatic carbocycles. The number of carbonyl (C=O) groups excluding carboxylic acids is 2. The third kappa shape index (κ3) is 3.58. The molecule has 25 heavy (non-hydrogen) atoms. The van der Waals surface area contributed by atoms with Crippen LogP contribution >= 0.6 is 0 Å². The fourth-order valence-corrected chi connectivity index (χ4v) is 4.17. The lowest BCUT2D eigenvalue weighted by atomic mass is 9.54. The quantitative estimate of drug-likeness (QED) is 0.604. The Morgan fingerprint density at radius 2 is 2.00 bits per heavy atom. The predicted molar refractivity (Wildman–Crippen MR) is 94.8 cm³/mol. The molecule has 0 bridgehead atoms. The van der Waals surface area contributed by atoms with E-state index in [9.17, 15) is 19.8 Å². The number of hydrogen-bond donors (Lipinski definition) is 2. The van der Waals surface area contributed by atoms with Crippen LogP contribution in [0.15, 0.2) is 23.3 Å². The fourth-order valence-electron chi connectivity index (χ4n) is 4.17. The maximum atomic E-state index is 12.5. The Balaban J connectivity index is 2.39. The van der Waals surface area contributed by atoms with Crippen molar-refractivity contribution >= 4 is 11.8 Å². The van der Waals surface area contributed by atoms with E-state index in [1.807, 2.05) is 6.92 Å². The van der Waals surface area contributed by atoms with Crippen LogP contribution in [0.5, 0.6) is 0 Å². The molecule has 2 rings (SSSR count). The number of hydrogen-bond acceptors (Lipinski definition) is 5. The molecule has 0 aromatic heterocycles. The van der Waals surface area contributed by atoms with Crippen molar-refractivity contribution in [2.75, 3.05) is 0 Å². The molecule has 0 radical (unpaired) electrons. The summed E-state index contributed by atoms with van der Waals surface area (Å²) in [5, 5.41) is 21.5. The summed E-state index contributed by atoms with van der Waals surface area (Å²) in [5.41, 5.74) is -2.16. The Kier molecular flexibility index (Phi) is 5.05. The molecular formula is C20H30O5. The molecule has 0 saturated heterocycles.